The van der Waals surface area contributed by atoms with Crippen LogP contribution in [0.15, 0.2) is 36.4 Å². The van der Waals surface area contributed by atoms with Crippen LogP contribution in [0.25, 0.3) is 21.3 Å². The van der Waals surface area contributed by atoms with Gasteiger partial charge in [-0.1, -0.05) is 31.0 Å². The average Bonchev–Trinajstić information content (AvgIpc) is 2.61. The molecule has 0 saturated carbocycles. The standard InChI is InChI=1S/C17H22N4OS.Fe/c18-23-17(21-10-4-1-5-11-21)20-19-12-15-14-7-3-2-6-13(14)8-9-16(15)22;/h2-3,6-9,12,17-18,20,22-23H,1,4-5,10-11H2;/q;+2/t17-;/m0./s1. The molecule has 24 heavy (non-hydrogen) atoms. The zero-order valence-electron chi connectivity index (χ0n) is 13.3. The first-order valence-corrected chi connectivity index (χ1v) is 8.86. The molecule has 0 bridgehead atoms. The van der Waals surface area contributed by atoms with Crippen LogP contribution in [-0.4, -0.2) is 28.6 Å². The van der Waals surface area contributed by atoms with E-state index < -0.39 is 0 Å². The Morgan fingerprint density at radius 2 is 1.92 bits per heavy atom. The number of fused-ring (bicyclic) bond motifs is 1. The fourth-order valence-electron chi connectivity index (χ4n) is 2.94. The summed E-state index contributed by atoms with van der Waals surface area (Å²) in [4.78, 5) is 2.26. The second-order valence-corrected chi connectivity index (χ2v) is 6.45. The third kappa shape index (κ3) is 4.58. The molecule has 1 heterocycles. The zero-order chi connectivity index (χ0) is 16.1. The Labute approximate surface area is 157 Å². The van der Waals surface area contributed by atoms with Crippen LogP contribution in [0.1, 0.15) is 24.8 Å². The largest absolute Gasteiger partial charge is 2.00 e. The van der Waals surface area contributed by atoms with Gasteiger partial charge in [0.05, 0.1) is 5.39 Å². The quantitative estimate of drug-likeness (QED) is 0.263. The molecule has 1 aliphatic heterocycles. The number of hydrogen-bond donors (Lipinski definition) is 2. The number of hydrogen-bond acceptors (Lipinski definition) is 3. The van der Waals surface area contributed by atoms with Gasteiger partial charge in [-0.05, 0) is 31.0 Å². The number of aromatic hydroxyl groups is 1. The van der Waals surface area contributed by atoms with Gasteiger partial charge < -0.3 is 21.1 Å². The number of rotatable bonds is 6. The first kappa shape index (κ1) is 19.4. The van der Waals surface area contributed by atoms with Gasteiger partial charge in [-0.3, -0.25) is 0 Å². The van der Waals surface area contributed by atoms with Gasteiger partial charge in [-0.15, -0.1) is 0 Å². The van der Waals surface area contributed by atoms with Gasteiger partial charge in [0.1, 0.15) is 0 Å². The van der Waals surface area contributed by atoms with Gasteiger partial charge in [0.25, 0.3) is 0 Å². The van der Waals surface area contributed by atoms with Gasteiger partial charge in [0, 0.05) is 30.6 Å². The first-order valence-electron chi connectivity index (χ1n) is 7.89. The van der Waals surface area contributed by atoms with Crippen LogP contribution >= 0.6 is 0 Å². The maximum atomic E-state index is 10.1. The molecule has 128 valence electrons. The predicted molar refractivity (Wildman–Crippen MR) is 97.8 cm³/mol. The van der Waals surface area contributed by atoms with E-state index in [0.29, 0.717) is 17.5 Å². The molecule has 0 amide bonds. The Morgan fingerprint density at radius 3 is 2.67 bits per heavy atom. The third-order valence-corrected chi connectivity index (χ3v) is 4.88. The van der Waals surface area contributed by atoms with Gasteiger partial charge in [0.2, 0.25) is 5.75 Å². The number of nitrogens with zero attached hydrogens (tertiary/aromatic N) is 2. The summed E-state index contributed by atoms with van der Waals surface area (Å²) in [5, 5.41) is 19.8. The van der Waals surface area contributed by atoms with Crippen molar-refractivity contribution in [1.29, 1.82) is 0 Å². The Hall–Kier alpha value is -0.921. The first-order chi connectivity index (χ1) is 11.3. The normalized spacial score (nSPS) is 16.5. The summed E-state index contributed by atoms with van der Waals surface area (Å²) in [5.74, 6) is 0.215. The number of likely N-dealkylation sites (tertiary alicyclic amines) is 1. The maximum Gasteiger partial charge on any atom is 2.00 e. The molecule has 0 radical (unpaired) electrons. The van der Waals surface area contributed by atoms with E-state index in [1.807, 2.05) is 30.3 Å². The fraction of sp³-hybridized carbons (Fsp3) is 0.353. The molecule has 1 aliphatic rings. The van der Waals surface area contributed by atoms with Crippen LogP contribution in [0, 0.1) is 6.54 Å². The van der Waals surface area contributed by atoms with Crippen molar-refractivity contribution in [3.05, 3.63) is 59.1 Å². The van der Waals surface area contributed by atoms with Crippen molar-refractivity contribution in [2.45, 2.75) is 24.8 Å². The van der Waals surface area contributed by atoms with Crippen LogP contribution in [0.3, 0.4) is 0 Å². The summed E-state index contributed by atoms with van der Waals surface area (Å²) < 4.78 is 0. The predicted octanol–water partition coefficient (Wildman–Crippen LogP) is 3.48. The van der Waals surface area contributed by atoms with E-state index in [9.17, 15) is 5.11 Å². The minimum atomic E-state index is -0.0938. The van der Waals surface area contributed by atoms with E-state index in [-0.39, 0.29) is 28.3 Å². The minimum absolute atomic E-state index is 0. The molecular formula is C17H22FeN4OS+2. The Morgan fingerprint density at radius 1 is 1.17 bits per heavy atom. The van der Waals surface area contributed by atoms with Crippen LogP contribution in [0.5, 0.6) is 5.75 Å². The molecule has 1 fully saturated rings. The molecule has 7 heteroatoms. The number of benzene rings is 2. The molecular weight excluding hydrogens is 364 g/mol. The van der Waals surface area contributed by atoms with Crippen molar-refractivity contribution in [3.8, 4) is 5.75 Å². The summed E-state index contributed by atoms with van der Waals surface area (Å²) in [7, 11) is 0. The molecule has 2 aromatic rings. The summed E-state index contributed by atoms with van der Waals surface area (Å²) in [6.07, 6.45) is 3.63. The van der Waals surface area contributed by atoms with E-state index in [4.69, 9.17) is 5.14 Å². The molecule has 3 N–H and O–H groups in total. The summed E-state index contributed by atoms with van der Waals surface area (Å²) in [5.41, 5.74) is 7.97. The average molecular weight is 386 g/mol. The van der Waals surface area contributed by atoms with Crippen LogP contribution in [0.4, 0.5) is 0 Å². The summed E-state index contributed by atoms with van der Waals surface area (Å²) in [6.45, 7) is 3.68. The second kappa shape index (κ2) is 9.53. The molecule has 1 atom stereocenters. The van der Waals surface area contributed by atoms with E-state index in [1.54, 1.807) is 12.6 Å². The van der Waals surface area contributed by atoms with Gasteiger partial charge in [0.15, 0.2) is 11.1 Å². The number of thiol groups is 1. The molecule has 0 aromatic heterocycles. The van der Waals surface area contributed by atoms with Gasteiger partial charge in [-0.2, -0.15) is 0 Å². The summed E-state index contributed by atoms with van der Waals surface area (Å²) in [6, 6.07) is 11.5. The zero-order valence-corrected chi connectivity index (χ0v) is 15.3. The van der Waals surface area contributed by atoms with Gasteiger partial charge in [-0.25, -0.2) is 4.90 Å². The van der Waals surface area contributed by atoms with E-state index >= 15 is 0 Å². The van der Waals surface area contributed by atoms with Crippen LogP contribution < -0.4 is 5.43 Å². The number of phenolic OH excluding ortho intramolecular Hbond substituents is 1. The molecule has 2 aromatic carbocycles. The van der Waals surface area contributed by atoms with Crippen molar-refractivity contribution in [1.82, 2.24) is 10.3 Å². The molecule has 3 rings (SSSR count). The van der Waals surface area contributed by atoms with E-state index in [1.165, 1.54) is 19.3 Å². The second-order valence-electron chi connectivity index (χ2n) is 5.71. The molecule has 1 saturated heterocycles. The smallest absolute Gasteiger partial charge is 0.507 e. The maximum absolute atomic E-state index is 10.1. The number of phenols is 1. The van der Waals surface area contributed by atoms with Crippen molar-refractivity contribution in [2.75, 3.05) is 13.1 Å². The molecule has 0 spiro atoms. The van der Waals surface area contributed by atoms with Crippen LogP contribution in [-0.2, 0) is 29.0 Å². The van der Waals surface area contributed by atoms with Crippen molar-refractivity contribution in [2.24, 2.45) is 0 Å². The number of nitrogens with one attached hydrogen (secondary N) is 2. The van der Waals surface area contributed by atoms with E-state index in [2.05, 4.69) is 15.8 Å². The van der Waals surface area contributed by atoms with E-state index in [0.717, 1.165) is 23.9 Å². The Kier molecular flexibility index (Phi) is 7.71. The number of piperidine rings is 1. The Balaban J connectivity index is 0.00000208. The van der Waals surface area contributed by atoms with Crippen molar-refractivity contribution < 1.29 is 22.2 Å². The monoisotopic (exact) mass is 386 g/mol. The fourth-order valence-corrected chi connectivity index (χ4v) is 3.46. The van der Waals surface area contributed by atoms with Crippen molar-refractivity contribution in [3.63, 3.8) is 0 Å². The Bertz CT molecular complexity index is 652. The minimum Gasteiger partial charge on any atom is -0.507 e. The topological polar surface area (TPSA) is 73.4 Å². The van der Waals surface area contributed by atoms with Crippen LogP contribution in [0.2, 0.25) is 0 Å². The summed E-state index contributed by atoms with van der Waals surface area (Å²) >= 11 is 0.511. The third-order valence-electron chi connectivity index (χ3n) is 4.19. The molecule has 0 aliphatic carbocycles. The molecule has 0 unspecified atom stereocenters. The van der Waals surface area contributed by atoms with Gasteiger partial charge >= 0.3 is 17.1 Å². The SMILES string of the molecule is [Fe+2].[NH-][SH+][C@@H](N[N-][CH+]c1c(O)ccc2ccccc12)N1CCCCC1. The van der Waals surface area contributed by atoms with Crippen molar-refractivity contribution >= 4 is 22.7 Å². The molecule has 5 nitrogen and oxygen atoms in total.